The maximum absolute atomic E-state index is 5.69. The van der Waals surface area contributed by atoms with E-state index in [-0.39, 0.29) is 0 Å². The van der Waals surface area contributed by atoms with E-state index in [0.29, 0.717) is 0 Å². The summed E-state index contributed by atoms with van der Waals surface area (Å²) in [6.45, 7) is 0. The van der Waals surface area contributed by atoms with Crippen molar-refractivity contribution < 1.29 is 0 Å². The second kappa shape index (κ2) is 3.80. The molecule has 0 aliphatic heterocycles. The molecule has 0 amide bonds. The summed E-state index contributed by atoms with van der Waals surface area (Å²) < 4.78 is 1.02. The van der Waals surface area contributed by atoms with Gasteiger partial charge >= 0.3 is 0 Å². The van der Waals surface area contributed by atoms with Crippen LogP contribution in [0.15, 0.2) is 47.1 Å². The van der Waals surface area contributed by atoms with Gasteiger partial charge in [0.25, 0.3) is 0 Å². The zero-order valence-electron chi connectivity index (χ0n) is 7.44. The molecule has 0 unspecified atom stereocenters. The van der Waals surface area contributed by atoms with E-state index >= 15 is 0 Å². The third-order valence-electron chi connectivity index (χ3n) is 1.90. The van der Waals surface area contributed by atoms with Crippen LogP contribution in [0.4, 0.5) is 5.69 Å². The van der Waals surface area contributed by atoms with E-state index in [1.807, 2.05) is 36.4 Å². The van der Waals surface area contributed by atoms with Gasteiger partial charge in [-0.1, -0.05) is 28.1 Å². The van der Waals surface area contributed by atoms with Crippen LogP contribution in [0.2, 0.25) is 0 Å². The molecular weight excluding hydrogens is 240 g/mol. The van der Waals surface area contributed by atoms with Crippen LogP contribution in [0.1, 0.15) is 0 Å². The summed E-state index contributed by atoms with van der Waals surface area (Å²) in [4.78, 5) is 4.27. The highest BCUT2D eigenvalue weighted by atomic mass is 79.9. The van der Waals surface area contributed by atoms with E-state index < -0.39 is 0 Å². The fourth-order valence-corrected chi connectivity index (χ4v) is 1.60. The van der Waals surface area contributed by atoms with Gasteiger partial charge in [-0.2, -0.15) is 0 Å². The quantitative estimate of drug-likeness (QED) is 0.788. The number of nitrogens with zero attached hydrogens (tertiary/aromatic N) is 1. The SMILES string of the molecule is Nc1cccc(-c2cc(Br)ccn2)c1. The summed E-state index contributed by atoms with van der Waals surface area (Å²) in [5.41, 5.74) is 8.40. The number of anilines is 1. The third-order valence-corrected chi connectivity index (χ3v) is 2.40. The van der Waals surface area contributed by atoms with Crippen LogP contribution < -0.4 is 5.73 Å². The first kappa shape index (κ1) is 9.21. The lowest BCUT2D eigenvalue weighted by Gasteiger charge is -2.01. The van der Waals surface area contributed by atoms with Crippen molar-refractivity contribution in [2.75, 3.05) is 5.73 Å². The van der Waals surface area contributed by atoms with Crippen molar-refractivity contribution in [3.05, 3.63) is 47.1 Å². The predicted octanol–water partition coefficient (Wildman–Crippen LogP) is 3.09. The van der Waals surface area contributed by atoms with Crippen molar-refractivity contribution in [2.24, 2.45) is 0 Å². The monoisotopic (exact) mass is 248 g/mol. The van der Waals surface area contributed by atoms with Gasteiger partial charge in [-0.15, -0.1) is 0 Å². The molecule has 0 bridgehead atoms. The zero-order valence-corrected chi connectivity index (χ0v) is 9.03. The van der Waals surface area contributed by atoms with E-state index in [1.165, 1.54) is 0 Å². The molecule has 3 heteroatoms. The lowest BCUT2D eigenvalue weighted by Crippen LogP contribution is -1.86. The first-order valence-electron chi connectivity index (χ1n) is 4.23. The van der Waals surface area contributed by atoms with Crippen LogP contribution in [-0.2, 0) is 0 Å². The average molecular weight is 249 g/mol. The molecule has 0 aliphatic rings. The lowest BCUT2D eigenvalue weighted by atomic mass is 10.1. The number of nitrogens with two attached hydrogens (primary N) is 1. The van der Waals surface area contributed by atoms with Crippen LogP contribution >= 0.6 is 15.9 Å². The van der Waals surface area contributed by atoms with Crippen molar-refractivity contribution in [3.8, 4) is 11.3 Å². The summed E-state index contributed by atoms with van der Waals surface area (Å²) >= 11 is 3.41. The Morgan fingerprint density at radius 2 is 2.00 bits per heavy atom. The molecule has 0 radical (unpaired) electrons. The van der Waals surface area contributed by atoms with Crippen LogP contribution in [0.25, 0.3) is 11.3 Å². The summed E-state index contributed by atoms with van der Waals surface area (Å²) in [6.07, 6.45) is 1.77. The fourth-order valence-electron chi connectivity index (χ4n) is 1.26. The number of aromatic nitrogens is 1. The molecule has 0 aliphatic carbocycles. The highest BCUT2D eigenvalue weighted by molar-refractivity contribution is 9.10. The molecule has 1 aromatic heterocycles. The molecule has 0 saturated carbocycles. The van der Waals surface area contributed by atoms with Crippen molar-refractivity contribution in [1.82, 2.24) is 4.98 Å². The van der Waals surface area contributed by atoms with Crippen molar-refractivity contribution in [1.29, 1.82) is 0 Å². The van der Waals surface area contributed by atoms with Gasteiger partial charge in [0.15, 0.2) is 0 Å². The van der Waals surface area contributed by atoms with E-state index in [0.717, 1.165) is 21.4 Å². The van der Waals surface area contributed by atoms with E-state index in [2.05, 4.69) is 20.9 Å². The van der Waals surface area contributed by atoms with Crippen LogP contribution in [0.5, 0.6) is 0 Å². The standard InChI is InChI=1S/C11H9BrN2/c12-9-4-5-14-11(7-9)8-2-1-3-10(13)6-8/h1-7H,13H2. The Bertz CT molecular complexity index is 411. The van der Waals surface area contributed by atoms with Crippen LogP contribution in [0.3, 0.4) is 0 Å². The summed E-state index contributed by atoms with van der Waals surface area (Å²) in [6, 6.07) is 11.6. The normalized spacial score (nSPS) is 10.1. The number of benzene rings is 1. The zero-order chi connectivity index (χ0) is 9.97. The Balaban J connectivity index is 2.49. The molecule has 2 nitrogen and oxygen atoms in total. The second-order valence-corrected chi connectivity index (χ2v) is 3.90. The topological polar surface area (TPSA) is 38.9 Å². The Labute approximate surface area is 90.9 Å². The first-order valence-corrected chi connectivity index (χ1v) is 5.02. The van der Waals surface area contributed by atoms with Gasteiger partial charge in [-0.05, 0) is 24.3 Å². The Hall–Kier alpha value is -1.35. The molecule has 1 aromatic carbocycles. The number of hydrogen-bond donors (Lipinski definition) is 1. The van der Waals surface area contributed by atoms with Gasteiger partial charge in [0.2, 0.25) is 0 Å². The van der Waals surface area contributed by atoms with Gasteiger partial charge in [0, 0.05) is 21.9 Å². The molecule has 2 aromatic rings. The summed E-state index contributed by atoms with van der Waals surface area (Å²) in [5.74, 6) is 0. The maximum atomic E-state index is 5.69. The molecule has 0 saturated heterocycles. The van der Waals surface area contributed by atoms with Crippen molar-refractivity contribution in [2.45, 2.75) is 0 Å². The van der Waals surface area contributed by atoms with Gasteiger partial charge < -0.3 is 5.73 Å². The third kappa shape index (κ3) is 1.93. The number of halogens is 1. The van der Waals surface area contributed by atoms with Gasteiger partial charge in [0.05, 0.1) is 5.69 Å². The summed E-state index contributed by atoms with van der Waals surface area (Å²) in [7, 11) is 0. The molecule has 2 N–H and O–H groups in total. The van der Waals surface area contributed by atoms with Gasteiger partial charge in [0.1, 0.15) is 0 Å². The van der Waals surface area contributed by atoms with Crippen LogP contribution in [0, 0.1) is 0 Å². The fraction of sp³-hybridized carbons (Fsp3) is 0. The minimum atomic E-state index is 0.754. The maximum Gasteiger partial charge on any atom is 0.0713 e. The predicted molar refractivity (Wildman–Crippen MR) is 61.8 cm³/mol. The average Bonchev–Trinajstić information content (AvgIpc) is 2.18. The van der Waals surface area contributed by atoms with Gasteiger partial charge in [-0.25, -0.2) is 0 Å². The van der Waals surface area contributed by atoms with Crippen LogP contribution in [-0.4, -0.2) is 4.98 Å². The Morgan fingerprint density at radius 3 is 2.71 bits per heavy atom. The second-order valence-electron chi connectivity index (χ2n) is 2.98. The number of hydrogen-bond acceptors (Lipinski definition) is 2. The molecule has 0 fully saturated rings. The smallest absolute Gasteiger partial charge is 0.0713 e. The molecule has 0 atom stereocenters. The molecule has 14 heavy (non-hydrogen) atoms. The Kier molecular flexibility index (Phi) is 2.50. The number of rotatable bonds is 1. The van der Waals surface area contributed by atoms with E-state index in [4.69, 9.17) is 5.73 Å². The van der Waals surface area contributed by atoms with E-state index in [9.17, 15) is 0 Å². The minimum Gasteiger partial charge on any atom is -0.399 e. The Morgan fingerprint density at radius 1 is 1.14 bits per heavy atom. The molecule has 0 spiro atoms. The first-order chi connectivity index (χ1) is 6.75. The van der Waals surface area contributed by atoms with Crippen molar-refractivity contribution in [3.63, 3.8) is 0 Å². The molecule has 70 valence electrons. The van der Waals surface area contributed by atoms with E-state index in [1.54, 1.807) is 6.20 Å². The number of nitrogen functional groups attached to an aromatic ring is 1. The summed E-state index contributed by atoms with van der Waals surface area (Å²) in [5, 5.41) is 0. The number of pyridine rings is 1. The lowest BCUT2D eigenvalue weighted by molar-refractivity contribution is 1.31. The minimum absolute atomic E-state index is 0.754. The van der Waals surface area contributed by atoms with Gasteiger partial charge in [-0.3, -0.25) is 4.98 Å². The molecule has 2 rings (SSSR count). The largest absolute Gasteiger partial charge is 0.399 e. The molecular formula is C11H9BrN2. The van der Waals surface area contributed by atoms with Crippen molar-refractivity contribution >= 4 is 21.6 Å². The highest BCUT2D eigenvalue weighted by Gasteiger charge is 1.99. The highest BCUT2D eigenvalue weighted by Crippen LogP contribution is 2.21. The molecule has 1 heterocycles.